The number of esters is 1. The molecular formula is C29H34O7Si. The summed E-state index contributed by atoms with van der Waals surface area (Å²) in [4.78, 5) is 12.6. The average molecular weight is 523 g/mol. The summed E-state index contributed by atoms with van der Waals surface area (Å²) in [5, 5.41) is 33.8. The van der Waals surface area contributed by atoms with Crippen LogP contribution in [0.1, 0.15) is 31.1 Å². The van der Waals surface area contributed by atoms with Gasteiger partial charge in [-0.3, -0.25) is 0 Å². The molecular weight excluding hydrogens is 488 g/mol. The predicted molar refractivity (Wildman–Crippen MR) is 142 cm³/mol. The third-order valence-corrected chi connectivity index (χ3v) is 11.8. The zero-order valence-corrected chi connectivity index (χ0v) is 22.2. The number of hydrogen-bond acceptors (Lipinski definition) is 7. The Kier molecular flexibility index (Phi) is 8.28. The van der Waals surface area contributed by atoms with E-state index in [-0.39, 0.29) is 17.2 Å². The minimum absolute atomic E-state index is 0.0857. The zero-order chi connectivity index (χ0) is 26.6. The number of aliphatic hydroxyl groups excluding tert-OH is 3. The minimum atomic E-state index is -2.95. The lowest BCUT2D eigenvalue weighted by atomic mass is 9.99. The fourth-order valence-corrected chi connectivity index (χ4v) is 9.50. The molecule has 1 aliphatic heterocycles. The summed E-state index contributed by atoms with van der Waals surface area (Å²) in [6, 6.07) is 28.3. The second-order valence-electron chi connectivity index (χ2n) is 10.3. The van der Waals surface area contributed by atoms with Crippen LogP contribution in [0.15, 0.2) is 91.0 Å². The fraction of sp³-hybridized carbons (Fsp3) is 0.345. The van der Waals surface area contributed by atoms with Crippen molar-refractivity contribution in [2.75, 3.05) is 6.61 Å². The standard InChI is InChI=1S/C29H34O7Si/c1-29(2,3)37(21-15-9-5-10-16-21,22-17-11-6-12-18-22)34-19-23-24(30)26(25(31)28(33)35-23)36-27(32)20-13-7-4-8-14-20/h4-18,23-26,28,30-31,33H,19H2,1-3H3/t23-,24-,25+,26+,28+/m1/s1. The molecule has 7 nitrogen and oxygen atoms in total. The summed E-state index contributed by atoms with van der Waals surface area (Å²) in [5.74, 6) is -0.718. The molecule has 0 amide bonds. The Labute approximate surface area is 218 Å². The van der Waals surface area contributed by atoms with Gasteiger partial charge in [0.25, 0.3) is 8.32 Å². The first-order valence-corrected chi connectivity index (χ1v) is 14.3. The van der Waals surface area contributed by atoms with Crippen LogP contribution in [0.4, 0.5) is 0 Å². The van der Waals surface area contributed by atoms with Crippen LogP contribution in [0.3, 0.4) is 0 Å². The second-order valence-corrected chi connectivity index (χ2v) is 14.6. The van der Waals surface area contributed by atoms with Crippen LogP contribution < -0.4 is 10.4 Å². The number of carbonyl (C=O) groups excluding carboxylic acids is 1. The van der Waals surface area contributed by atoms with Crippen molar-refractivity contribution < 1.29 is 34.0 Å². The largest absolute Gasteiger partial charge is 0.453 e. The van der Waals surface area contributed by atoms with Gasteiger partial charge in [0.05, 0.1) is 12.2 Å². The van der Waals surface area contributed by atoms with Crippen LogP contribution in [-0.4, -0.2) is 66.9 Å². The van der Waals surface area contributed by atoms with Crippen LogP contribution in [0, 0.1) is 0 Å². The Bertz CT molecular complexity index is 1110. The van der Waals surface area contributed by atoms with Crippen molar-refractivity contribution in [3.8, 4) is 0 Å². The molecule has 37 heavy (non-hydrogen) atoms. The van der Waals surface area contributed by atoms with E-state index in [9.17, 15) is 20.1 Å². The third-order valence-electron chi connectivity index (χ3n) is 6.79. The lowest BCUT2D eigenvalue weighted by molar-refractivity contribution is -0.285. The van der Waals surface area contributed by atoms with Crippen molar-refractivity contribution in [2.45, 2.75) is 56.5 Å². The van der Waals surface area contributed by atoms with Gasteiger partial charge in [-0.1, -0.05) is 99.6 Å². The van der Waals surface area contributed by atoms with Crippen molar-refractivity contribution in [3.05, 3.63) is 96.6 Å². The Hall–Kier alpha value is -2.85. The number of carbonyl (C=O) groups is 1. The molecule has 3 aromatic rings. The van der Waals surface area contributed by atoms with E-state index in [0.717, 1.165) is 10.4 Å². The van der Waals surface area contributed by atoms with E-state index in [4.69, 9.17) is 13.9 Å². The van der Waals surface area contributed by atoms with Crippen LogP contribution in [-0.2, 0) is 13.9 Å². The van der Waals surface area contributed by atoms with E-state index in [1.54, 1.807) is 30.3 Å². The summed E-state index contributed by atoms with van der Waals surface area (Å²) in [5.41, 5.74) is 0.267. The van der Waals surface area contributed by atoms with Crippen molar-refractivity contribution >= 4 is 24.7 Å². The third kappa shape index (κ3) is 5.55. The molecule has 1 aliphatic rings. The molecule has 8 heteroatoms. The molecule has 0 bridgehead atoms. The van der Waals surface area contributed by atoms with E-state index in [1.165, 1.54) is 0 Å². The van der Waals surface area contributed by atoms with Gasteiger partial charge in [-0.15, -0.1) is 0 Å². The normalized spacial score (nSPS) is 24.4. The Balaban J connectivity index is 1.63. The molecule has 3 aromatic carbocycles. The molecule has 0 aromatic heterocycles. The molecule has 3 N–H and O–H groups in total. The second kappa shape index (κ2) is 11.3. The van der Waals surface area contributed by atoms with Crippen molar-refractivity contribution in [1.82, 2.24) is 0 Å². The van der Waals surface area contributed by atoms with Gasteiger partial charge in [-0.05, 0) is 27.5 Å². The summed E-state index contributed by atoms with van der Waals surface area (Å²) >= 11 is 0. The Morgan fingerprint density at radius 1 is 0.811 bits per heavy atom. The maximum atomic E-state index is 12.6. The quantitative estimate of drug-likeness (QED) is 0.323. The number of ether oxygens (including phenoxy) is 2. The van der Waals surface area contributed by atoms with Crippen molar-refractivity contribution in [2.24, 2.45) is 0 Å². The van der Waals surface area contributed by atoms with Crippen LogP contribution >= 0.6 is 0 Å². The molecule has 0 aliphatic carbocycles. The number of rotatable bonds is 7. The molecule has 4 rings (SSSR count). The first-order valence-electron chi connectivity index (χ1n) is 12.4. The van der Waals surface area contributed by atoms with Gasteiger partial charge in [0, 0.05) is 0 Å². The van der Waals surface area contributed by atoms with Gasteiger partial charge in [-0.2, -0.15) is 0 Å². The molecule has 1 heterocycles. The fourth-order valence-electron chi connectivity index (χ4n) is 4.93. The van der Waals surface area contributed by atoms with E-state index in [2.05, 4.69) is 20.8 Å². The molecule has 5 atom stereocenters. The molecule has 0 spiro atoms. The average Bonchev–Trinajstić information content (AvgIpc) is 2.90. The smallest absolute Gasteiger partial charge is 0.338 e. The van der Waals surface area contributed by atoms with Crippen LogP contribution in [0.2, 0.25) is 5.04 Å². The SMILES string of the molecule is CC(C)(C)[Si](OC[C@H]1O[C@H](O)[C@@H](O)[C@@H](OC(=O)c2ccccc2)[C@@H]1O)(c1ccccc1)c1ccccc1. The number of aliphatic hydroxyl groups is 3. The first-order chi connectivity index (χ1) is 17.6. The van der Waals surface area contributed by atoms with Gasteiger partial charge in [-0.25, -0.2) is 4.79 Å². The van der Waals surface area contributed by atoms with Crippen molar-refractivity contribution in [1.29, 1.82) is 0 Å². The topological polar surface area (TPSA) is 105 Å². The summed E-state index contributed by atoms with van der Waals surface area (Å²) in [6.45, 7) is 6.29. The molecule has 0 unspecified atom stereocenters. The van der Waals surface area contributed by atoms with Gasteiger partial charge in [0.1, 0.15) is 18.3 Å². The van der Waals surface area contributed by atoms with Gasteiger partial charge < -0.3 is 29.2 Å². The summed E-state index contributed by atoms with van der Waals surface area (Å²) in [6.07, 6.45) is -7.15. The van der Waals surface area contributed by atoms with E-state index >= 15 is 0 Å². The lowest BCUT2D eigenvalue weighted by Crippen LogP contribution is -2.68. The molecule has 196 valence electrons. The zero-order valence-electron chi connectivity index (χ0n) is 21.2. The number of benzene rings is 3. The Morgan fingerprint density at radius 2 is 1.30 bits per heavy atom. The minimum Gasteiger partial charge on any atom is -0.453 e. The van der Waals surface area contributed by atoms with Gasteiger partial charge in [0.2, 0.25) is 0 Å². The van der Waals surface area contributed by atoms with E-state index in [1.807, 2.05) is 60.7 Å². The predicted octanol–water partition coefficient (Wildman–Crippen LogP) is 2.23. The highest BCUT2D eigenvalue weighted by atomic mass is 28.4. The summed E-state index contributed by atoms with van der Waals surface area (Å²) in [7, 11) is -2.95. The molecule has 1 saturated heterocycles. The number of hydrogen-bond donors (Lipinski definition) is 3. The Morgan fingerprint density at radius 3 is 1.78 bits per heavy atom. The van der Waals surface area contributed by atoms with E-state index in [0.29, 0.717) is 0 Å². The van der Waals surface area contributed by atoms with Crippen LogP contribution in [0.25, 0.3) is 0 Å². The van der Waals surface area contributed by atoms with Gasteiger partial charge in [0.15, 0.2) is 12.4 Å². The lowest BCUT2D eigenvalue weighted by Gasteiger charge is -2.45. The highest BCUT2D eigenvalue weighted by molar-refractivity contribution is 6.99. The molecule has 0 saturated carbocycles. The maximum absolute atomic E-state index is 12.6. The monoisotopic (exact) mass is 522 g/mol. The van der Waals surface area contributed by atoms with Crippen molar-refractivity contribution in [3.63, 3.8) is 0 Å². The first kappa shape index (κ1) is 27.2. The molecule has 1 fully saturated rings. The highest BCUT2D eigenvalue weighted by Gasteiger charge is 2.52. The highest BCUT2D eigenvalue weighted by Crippen LogP contribution is 2.37. The molecule has 0 radical (unpaired) electrons. The van der Waals surface area contributed by atoms with Gasteiger partial charge >= 0.3 is 5.97 Å². The van der Waals surface area contributed by atoms with E-state index < -0.39 is 45.0 Å². The van der Waals surface area contributed by atoms with Crippen LogP contribution in [0.5, 0.6) is 0 Å². The maximum Gasteiger partial charge on any atom is 0.338 e. The summed E-state index contributed by atoms with van der Waals surface area (Å²) < 4.78 is 17.8.